The Balaban J connectivity index is 1.42. The molecule has 0 saturated carbocycles. The standard InChI is InChI=1S/C38H22N4O/c1-2-11-24(12-3-1)36-40-37(29-16-8-17-31-34(29)35-32(43-31)18-9-21-39-35)42-38(41-36)30-22-25-13-5-6-14-26(25)28-20-19-23-10-4-7-15-27(23)33(28)30/h1-22H. The van der Waals surface area contributed by atoms with Crippen LogP contribution in [-0.2, 0) is 0 Å². The maximum absolute atomic E-state index is 6.16. The second kappa shape index (κ2) is 9.29. The first kappa shape index (κ1) is 23.7. The molecule has 0 bridgehead atoms. The van der Waals surface area contributed by atoms with Crippen LogP contribution in [0.4, 0.5) is 0 Å². The molecule has 0 unspecified atom stereocenters. The van der Waals surface area contributed by atoms with Gasteiger partial charge in [0.15, 0.2) is 23.1 Å². The van der Waals surface area contributed by atoms with Crippen LogP contribution >= 0.6 is 0 Å². The summed E-state index contributed by atoms with van der Waals surface area (Å²) in [6, 6.07) is 43.5. The molecule has 9 aromatic rings. The fourth-order valence-corrected chi connectivity index (χ4v) is 6.22. The lowest BCUT2D eigenvalue weighted by atomic mass is 9.92. The lowest BCUT2D eigenvalue weighted by Gasteiger charge is -2.14. The minimum atomic E-state index is 0.573. The van der Waals surface area contributed by atoms with Crippen LogP contribution in [-0.4, -0.2) is 19.9 Å². The van der Waals surface area contributed by atoms with Crippen LogP contribution in [0.5, 0.6) is 0 Å². The van der Waals surface area contributed by atoms with Crippen LogP contribution < -0.4 is 0 Å². The van der Waals surface area contributed by atoms with Gasteiger partial charge in [-0.05, 0) is 51.2 Å². The Bertz CT molecular complexity index is 2520. The van der Waals surface area contributed by atoms with Crippen LogP contribution in [0.3, 0.4) is 0 Å². The van der Waals surface area contributed by atoms with Crippen molar-refractivity contribution in [2.75, 3.05) is 0 Å². The highest BCUT2D eigenvalue weighted by Gasteiger charge is 2.20. The Kier molecular flexibility index (Phi) is 5.13. The predicted molar refractivity (Wildman–Crippen MR) is 174 cm³/mol. The van der Waals surface area contributed by atoms with E-state index in [1.807, 2.05) is 60.7 Å². The highest BCUT2D eigenvalue weighted by Crippen LogP contribution is 2.40. The minimum absolute atomic E-state index is 0.573. The Morgan fingerprint density at radius 3 is 2.05 bits per heavy atom. The van der Waals surface area contributed by atoms with E-state index in [9.17, 15) is 0 Å². The number of hydrogen-bond acceptors (Lipinski definition) is 5. The largest absolute Gasteiger partial charge is 0.454 e. The average Bonchev–Trinajstić information content (AvgIpc) is 3.47. The summed E-state index contributed by atoms with van der Waals surface area (Å²) < 4.78 is 6.16. The van der Waals surface area contributed by atoms with E-state index in [1.54, 1.807) is 6.20 Å². The van der Waals surface area contributed by atoms with Gasteiger partial charge in [-0.25, -0.2) is 15.0 Å². The number of pyridine rings is 1. The average molecular weight is 551 g/mol. The lowest BCUT2D eigenvalue weighted by molar-refractivity contribution is 0.668. The van der Waals surface area contributed by atoms with E-state index < -0.39 is 0 Å². The third-order valence-corrected chi connectivity index (χ3v) is 8.15. The quantitative estimate of drug-likeness (QED) is 0.205. The highest BCUT2D eigenvalue weighted by molar-refractivity contribution is 6.22. The molecular formula is C38H22N4O. The smallest absolute Gasteiger partial charge is 0.164 e. The molecule has 5 heteroatoms. The first-order chi connectivity index (χ1) is 21.3. The molecule has 0 amide bonds. The van der Waals surface area contributed by atoms with E-state index in [4.69, 9.17) is 19.4 Å². The van der Waals surface area contributed by atoms with E-state index >= 15 is 0 Å². The summed E-state index contributed by atoms with van der Waals surface area (Å²) in [7, 11) is 0. The zero-order valence-corrected chi connectivity index (χ0v) is 22.9. The Labute approximate surface area is 246 Å². The number of hydrogen-bond donors (Lipinski definition) is 0. The number of aromatic nitrogens is 4. The summed E-state index contributed by atoms with van der Waals surface area (Å²) in [6.07, 6.45) is 1.79. The molecule has 0 aliphatic carbocycles. The minimum Gasteiger partial charge on any atom is -0.454 e. The van der Waals surface area contributed by atoms with E-state index in [2.05, 4.69) is 71.7 Å². The summed E-state index contributed by atoms with van der Waals surface area (Å²) in [4.78, 5) is 20.0. The topological polar surface area (TPSA) is 64.7 Å². The van der Waals surface area contributed by atoms with Gasteiger partial charge in [0.25, 0.3) is 0 Å². The summed E-state index contributed by atoms with van der Waals surface area (Å²) in [5.41, 5.74) is 5.01. The van der Waals surface area contributed by atoms with E-state index in [0.717, 1.165) is 54.9 Å². The van der Waals surface area contributed by atoms with E-state index in [0.29, 0.717) is 17.5 Å². The monoisotopic (exact) mass is 550 g/mol. The molecule has 3 heterocycles. The summed E-state index contributed by atoms with van der Waals surface area (Å²) in [6.45, 7) is 0. The molecule has 0 aliphatic heterocycles. The first-order valence-electron chi connectivity index (χ1n) is 14.2. The molecule has 6 aromatic carbocycles. The van der Waals surface area contributed by atoms with Crippen molar-refractivity contribution in [3.8, 4) is 34.2 Å². The van der Waals surface area contributed by atoms with Crippen molar-refractivity contribution in [3.63, 3.8) is 0 Å². The van der Waals surface area contributed by atoms with Crippen LogP contribution in [0.25, 0.3) is 88.5 Å². The van der Waals surface area contributed by atoms with Crippen LogP contribution in [0.1, 0.15) is 0 Å². The van der Waals surface area contributed by atoms with Crippen LogP contribution in [0.15, 0.2) is 138 Å². The molecule has 9 rings (SSSR count). The fraction of sp³-hybridized carbons (Fsp3) is 0. The molecule has 3 aromatic heterocycles. The van der Waals surface area contributed by atoms with E-state index in [1.165, 1.54) is 16.2 Å². The second-order valence-corrected chi connectivity index (χ2v) is 10.7. The fourth-order valence-electron chi connectivity index (χ4n) is 6.22. The van der Waals surface area contributed by atoms with Gasteiger partial charge in [-0.3, -0.25) is 4.98 Å². The molecule has 0 spiro atoms. The molecule has 200 valence electrons. The molecular weight excluding hydrogens is 528 g/mol. The van der Waals surface area contributed by atoms with Gasteiger partial charge in [0.05, 0.1) is 5.39 Å². The Hall–Kier alpha value is -5.94. The molecule has 43 heavy (non-hydrogen) atoms. The second-order valence-electron chi connectivity index (χ2n) is 10.7. The molecule has 0 aliphatic rings. The van der Waals surface area contributed by atoms with Crippen molar-refractivity contribution in [2.45, 2.75) is 0 Å². The number of benzene rings is 6. The predicted octanol–water partition coefficient (Wildman–Crippen LogP) is 9.63. The summed E-state index contributed by atoms with van der Waals surface area (Å²) >= 11 is 0. The molecule has 0 atom stereocenters. The molecule has 0 fully saturated rings. The molecule has 0 radical (unpaired) electrons. The van der Waals surface area contributed by atoms with Crippen molar-refractivity contribution >= 4 is 54.4 Å². The van der Waals surface area contributed by atoms with Gasteiger partial charge in [-0.15, -0.1) is 0 Å². The number of rotatable bonds is 3. The third kappa shape index (κ3) is 3.72. The van der Waals surface area contributed by atoms with Crippen molar-refractivity contribution in [1.82, 2.24) is 19.9 Å². The van der Waals surface area contributed by atoms with Gasteiger partial charge in [0.1, 0.15) is 11.1 Å². The van der Waals surface area contributed by atoms with Gasteiger partial charge < -0.3 is 4.42 Å². The SMILES string of the molecule is c1ccc(-c2nc(-c3cc4ccccc4c4ccc5ccccc5c34)nc(-c3cccc4oc5cccnc5c34)n2)cc1. The third-order valence-electron chi connectivity index (χ3n) is 8.15. The van der Waals surface area contributed by atoms with Gasteiger partial charge in [0, 0.05) is 28.3 Å². The van der Waals surface area contributed by atoms with Crippen LogP contribution in [0.2, 0.25) is 0 Å². The zero-order chi connectivity index (χ0) is 28.3. The highest BCUT2D eigenvalue weighted by atomic mass is 16.3. The maximum atomic E-state index is 6.16. The van der Waals surface area contributed by atoms with Crippen LogP contribution in [0, 0.1) is 0 Å². The van der Waals surface area contributed by atoms with Gasteiger partial charge in [-0.1, -0.05) is 103 Å². The Morgan fingerprint density at radius 1 is 0.442 bits per heavy atom. The first-order valence-corrected chi connectivity index (χ1v) is 14.2. The Morgan fingerprint density at radius 2 is 1.16 bits per heavy atom. The number of furan rings is 1. The van der Waals surface area contributed by atoms with Crippen molar-refractivity contribution in [3.05, 3.63) is 134 Å². The van der Waals surface area contributed by atoms with Gasteiger partial charge in [0.2, 0.25) is 0 Å². The number of fused-ring (bicyclic) bond motifs is 8. The molecule has 0 N–H and O–H groups in total. The normalized spacial score (nSPS) is 11.7. The maximum Gasteiger partial charge on any atom is 0.164 e. The van der Waals surface area contributed by atoms with Crippen molar-refractivity contribution in [2.24, 2.45) is 0 Å². The summed E-state index contributed by atoms with van der Waals surface area (Å²) in [5.74, 6) is 1.80. The van der Waals surface area contributed by atoms with Gasteiger partial charge >= 0.3 is 0 Å². The molecule has 5 nitrogen and oxygen atoms in total. The zero-order valence-electron chi connectivity index (χ0n) is 22.9. The lowest BCUT2D eigenvalue weighted by Crippen LogP contribution is -2.01. The van der Waals surface area contributed by atoms with Crippen molar-refractivity contribution < 1.29 is 4.42 Å². The van der Waals surface area contributed by atoms with Gasteiger partial charge in [-0.2, -0.15) is 0 Å². The molecule has 0 saturated heterocycles. The van der Waals surface area contributed by atoms with Crippen molar-refractivity contribution in [1.29, 1.82) is 0 Å². The van der Waals surface area contributed by atoms with E-state index in [-0.39, 0.29) is 0 Å². The number of nitrogens with zero attached hydrogens (tertiary/aromatic N) is 4. The summed E-state index contributed by atoms with van der Waals surface area (Å²) in [5, 5.41) is 7.86.